The van der Waals surface area contributed by atoms with Gasteiger partial charge in [0.05, 0.1) is 23.9 Å². The fourth-order valence-corrected chi connectivity index (χ4v) is 7.69. The predicted molar refractivity (Wildman–Crippen MR) is 168 cm³/mol. The van der Waals surface area contributed by atoms with Crippen LogP contribution in [0.2, 0.25) is 5.02 Å². The summed E-state index contributed by atoms with van der Waals surface area (Å²) in [4.78, 5) is 31.8. The molecule has 1 saturated carbocycles. The molecule has 7 rings (SSSR count). The summed E-state index contributed by atoms with van der Waals surface area (Å²) in [7, 11) is 4.24. The Morgan fingerprint density at radius 1 is 1.12 bits per heavy atom. The van der Waals surface area contributed by atoms with E-state index < -0.39 is 0 Å². The van der Waals surface area contributed by atoms with Gasteiger partial charge < -0.3 is 24.3 Å². The Labute approximate surface area is 252 Å². The molecule has 3 fully saturated rings. The number of carbonyl (C=O) groups is 1. The molecule has 2 aromatic carbocycles. The van der Waals surface area contributed by atoms with Gasteiger partial charge in [-0.1, -0.05) is 42.4 Å². The number of hydrogen-bond donors (Lipinski definition) is 0. The van der Waals surface area contributed by atoms with E-state index in [1.54, 1.807) is 0 Å². The minimum absolute atomic E-state index is 0.0379. The highest BCUT2D eigenvalue weighted by atomic mass is 35.5. The van der Waals surface area contributed by atoms with E-state index in [2.05, 4.69) is 59.6 Å². The van der Waals surface area contributed by atoms with Gasteiger partial charge in [-0.2, -0.15) is 9.97 Å². The third-order valence-corrected chi connectivity index (χ3v) is 9.84. The molecule has 0 spiro atoms. The first-order chi connectivity index (χ1) is 20.3. The topological polar surface area (TPSA) is 65.0 Å². The first-order valence-electron chi connectivity index (χ1n) is 15.1. The third kappa shape index (κ3) is 4.98. The normalized spacial score (nSPS) is 22.4. The van der Waals surface area contributed by atoms with Crippen LogP contribution in [0.15, 0.2) is 49.1 Å². The summed E-state index contributed by atoms with van der Waals surface area (Å²) in [6.07, 6.45) is 6.65. The molecular weight excluding hydrogens is 548 g/mol. The van der Waals surface area contributed by atoms with Crippen molar-refractivity contribution in [3.05, 3.63) is 65.3 Å². The highest BCUT2D eigenvalue weighted by molar-refractivity contribution is 6.36. The monoisotopic (exact) mass is 586 g/mol. The molecule has 4 aliphatic rings. The van der Waals surface area contributed by atoms with Gasteiger partial charge in [-0.25, -0.2) is 0 Å². The lowest BCUT2D eigenvalue weighted by atomic mass is 10.0. The fraction of sp³-hybridized carbons (Fsp3) is 0.485. The van der Waals surface area contributed by atoms with Gasteiger partial charge in [-0.15, -0.1) is 0 Å². The highest BCUT2D eigenvalue weighted by Gasteiger charge is 2.45. The summed E-state index contributed by atoms with van der Waals surface area (Å²) in [6, 6.07) is 13.3. The molecular formula is C33H39ClN6O2. The zero-order valence-electron chi connectivity index (χ0n) is 24.6. The molecule has 0 radical (unpaired) electrons. The van der Waals surface area contributed by atoms with E-state index in [4.69, 9.17) is 26.3 Å². The van der Waals surface area contributed by atoms with Crippen molar-refractivity contribution in [1.82, 2.24) is 19.8 Å². The molecule has 1 aliphatic carbocycles. The number of ether oxygens (including phenoxy) is 1. The van der Waals surface area contributed by atoms with Crippen LogP contribution in [0.3, 0.4) is 0 Å². The zero-order chi connectivity index (χ0) is 29.0. The maximum atomic E-state index is 12.6. The molecule has 3 aliphatic heterocycles. The molecule has 1 aromatic heterocycles. The molecule has 220 valence electrons. The first-order valence-corrected chi connectivity index (χ1v) is 15.5. The van der Waals surface area contributed by atoms with Crippen LogP contribution in [0.25, 0.3) is 10.8 Å². The minimum Gasteiger partial charge on any atom is -0.463 e. The van der Waals surface area contributed by atoms with E-state index in [9.17, 15) is 4.79 Å². The Morgan fingerprint density at radius 3 is 2.55 bits per heavy atom. The second-order valence-corrected chi connectivity index (χ2v) is 13.2. The van der Waals surface area contributed by atoms with Crippen molar-refractivity contribution in [2.45, 2.75) is 50.7 Å². The van der Waals surface area contributed by atoms with Gasteiger partial charge in [0.25, 0.3) is 0 Å². The van der Waals surface area contributed by atoms with Crippen molar-refractivity contribution in [2.24, 2.45) is 5.41 Å². The Bertz CT molecular complexity index is 1520. The van der Waals surface area contributed by atoms with Crippen molar-refractivity contribution in [3.63, 3.8) is 0 Å². The van der Waals surface area contributed by atoms with E-state index >= 15 is 0 Å². The second-order valence-electron chi connectivity index (χ2n) is 12.8. The van der Waals surface area contributed by atoms with Crippen molar-refractivity contribution >= 4 is 39.8 Å². The van der Waals surface area contributed by atoms with E-state index in [0.29, 0.717) is 19.2 Å². The van der Waals surface area contributed by atoms with Crippen LogP contribution >= 0.6 is 11.6 Å². The zero-order valence-corrected chi connectivity index (χ0v) is 25.3. The lowest BCUT2D eigenvalue weighted by molar-refractivity contribution is -0.129. The lowest BCUT2D eigenvalue weighted by Crippen LogP contribution is -2.56. The van der Waals surface area contributed by atoms with Crippen molar-refractivity contribution in [3.8, 4) is 6.01 Å². The molecule has 3 aromatic rings. The molecule has 2 bridgehead atoms. The van der Waals surface area contributed by atoms with Crippen molar-refractivity contribution in [2.75, 3.05) is 56.7 Å². The van der Waals surface area contributed by atoms with Gasteiger partial charge in [0.2, 0.25) is 5.91 Å². The van der Waals surface area contributed by atoms with Crippen molar-refractivity contribution < 1.29 is 9.53 Å². The third-order valence-electron chi connectivity index (χ3n) is 9.52. The van der Waals surface area contributed by atoms with E-state index in [1.165, 1.54) is 24.5 Å². The molecule has 2 unspecified atom stereocenters. The molecule has 42 heavy (non-hydrogen) atoms. The number of hydrogen-bond acceptors (Lipinski definition) is 7. The Morgan fingerprint density at radius 2 is 1.86 bits per heavy atom. The van der Waals surface area contributed by atoms with Crippen LogP contribution in [-0.2, 0) is 17.8 Å². The van der Waals surface area contributed by atoms with Gasteiger partial charge in [0.15, 0.2) is 0 Å². The largest absolute Gasteiger partial charge is 0.463 e. The summed E-state index contributed by atoms with van der Waals surface area (Å²) in [5.74, 6) is 1.02. The molecule has 1 amide bonds. The van der Waals surface area contributed by atoms with Gasteiger partial charge >= 0.3 is 6.01 Å². The number of aromatic nitrogens is 2. The summed E-state index contributed by atoms with van der Waals surface area (Å²) >= 11 is 6.72. The molecule has 8 nitrogen and oxygen atoms in total. The standard InChI is InChI=1S/C33H39ClN6O2/c1-4-29(41)40-23-11-12-24(40)18-39(17-23)31-25-13-16-38(28-10-6-8-22-7-5-9-26(34)30(22)28)19-27(25)35-32(36-31)42-21-33(14-15-33)20-37(2)3/h4-10,23-24H,1,11-21H2,2-3H3. The highest BCUT2D eigenvalue weighted by Crippen LogP contribution is 2.46. The predicted octanol–water partition coefficient (Wildman–Crippen LogP) is 4.93. The van der Waals surface area contributed by atoms with Gasteiger partial charge in [0, 0.05) is 60.3 Å². The quantitative estimate of drug-likeness (QED) is 0.347. The summed E-state index contributed by atoms with van der Waals surface area (Å²) in [5.41, 5.74) is 3.52. The van der Waals surface area contributed by atoms with Crippen LogP contribution in [0.1, 0.15) is 36.9 Å². The van der Waals surface area contributed by atoms with Crippen LogP contribution in [0, 0.1) is 5.41 Å². The van der Waals surface area contributed by atoms with Crippen molar-refractivity contribution in [1.29, 1.82) is 0 Å². The minimum atomic E-state index is 0.0379. The van der Waals surface area contributed by atoms with E-state index in [-0.39, 0.29) is 23.4 Å². The van der Waals surface area contributed by atoms with Crippen LogP contribution < -0.4 is 14.5 Å². The number of carbonyl (C=O) groups excluding carboxylic acids is 1. The van der Waals surface area contributed by atoms with Crippen LogP contribution in [-0.4, -0.2) is 84.6 Å². The summed E-state index contributed by atoms with van der Waals surface area (Å²) < 4.78 is 6.42. The molecule has 2 atom stereocenters. The number of nitrogens with zero attached hydrogens (tertiary/aromatic N) is 6. The molecule has 0 N–H and O–H groups in total. The lowest BCUT2D eigenvalue weighted by Gasteiger charge is -2.42. The average molecular weight is 587 g/mol. The Kier molecular flexibility index (Phi) is 7.02. The van der Waals surface area contributed by atoms with E-state index in [1.807, 2.05) is 17.0 Å². The van der Waals surface area contributed by atoms with Gasteiger partial charge in [0.1, 0.15) is 5.82 Å². The maximum absolute atomic E-state index is 12.6. The van der Waals surface area contributed by atoms with Gasteiger partial charge in [-0.05, 0) is 69.8 Å². The SMILES string of the molecule is C=CC(=O)N1C2CCC1CN(c1nc(OCC3(CN(C)C)CC3)nc3c1CCN(c1cccc4cccc(Cl)c14)C3)C2. The fourth-order valence-electron chi connectivity index (χ4n) is 7.41. The number of halogens is 1. The number of piperazine rings is 1. The van der Waals surface area contributed by atoms with Gasteiger partial charge in [-0.3, -0.25) is 4.79 Å². The Balaban J connectivity index is 1.22. The molecule has 4 heterocycles. The van der Waals surface area contributed by atoms with Crippen LogP contribution in [0.4, 0.5) is 11.5 Å². The van der Waals surface area contributed by atoms with Crippen LogP contribution in [0.5, 0.6) is 6.01 Å². The maximum Gasteiger partial charge on any atom is 0.318 e. The molecule has 9 heteroatoms. The smallest absolute Gasteiger partial charge is 0.318 e. The number of anilines is 2. The second kappa shape index (κ2) is 10.7. The molecule has 2 saturated heterocycles. The van der Waals surface area contributed by atoms with E-state index in [0.717, 1.165) is 78.4 Å². The number of benzene rings is 2. The summed E-state index contributed by atoms with van der Waals surface area (Å²) in [6.45, 7) is 8.42. The Hall–Kier alpha value is -3.36. The number of amides is 1. The summed E-state index contributed by atoms with van der Waals surface area (Å²) in [5, 5.41) is 2.98. The number of fused-ring (bicyclic) bond motifs is 4. The first kappa shape index (κ1) is 27.5. The average Bonchev–Trinajstić information content (AvgIpc) is 3.70. The number of rotatable bonds is 8.